The quantitative estimate of drug-likeness (QED) is 0.347. The van der Waals surface area contributed by atoms with Crippen LogP contribution in [-0.2, 0) is 24.0 Å². The van der Waals surface area contributed by atoms with E-state index in [1.165, 1.54) is 24.3 Å². The summed E-state index contributed by atoms with van der Waals surface area (Å²) < 4.78 is 19.4. The molecule has 1 aromatic rings. The molecule has 0 spiro atoms. The van der Waals surface area contributed by atoms with Crippen LogP contribution in [0.15, 0.2) is 24.3 Å². The summed E-state index contributed by atoms with van der Waals surface area (Å²) in [7, 11) is 0. The number of ketones is 1. The minimum Gasteiger partial charge on any atom is -0.480 e. The van der Waals surface area contributed by atoms with Gasteiger partial charge in [-0.1, -0.05) is 20.3 Å². The first-order valence-corrected chi connectivity index (χ1v) is 14.8. The zero-order valence-corrected chi connectivity index (χ0v) is 23.6. The van der Waals surface area contributed by atoms with Crippen LogP contribution in [0.5, 0.6) is 5.75 Å². The van der Waals surface area contributed by atoms with Gasteiger partial charge in [-0.05, 0) is 80.5 Å². The molecule has 2 heterocycles. The minimum absolute atomic E-state index is 0.0194. The molecule has 2 aliphatic heterocycles. The molecule has 4 amide bonds. The van der Waals surface area contributed by atoms with Gasteiger partial charge < -0.3 is 25.6 Å². The molecule has 0 bridgehead atoms. The molecule has 2 saturated heterocycles. The summed E-state index contributed by atoms with van der Waals surface area (Å²) in [5.41, 5.74) is 0. The van der Waals surface area contributed by atoms with Crippen molar-refractivity contribution in [2.45, 2.75) is 83.0 Å². The largest absolute Gasteiger partial charge is 0.480 e. The molecule has 5 rings (SSSR count). The smallest absolute Gasteiger partial charge is 0.289 e. The first-order valence-electron chi connectivity index (χ1n) is 14.8. The first-order chi connectivity index (χ1) is 19.6. The Bertz CT molecular complexity index is 1190. The molecule has 4 aliphatic rings. The standard InChI is InChI=1S/C30H39FN4O6/c1-16(2)26(41-21-10-6-19(31)7-11-21)30(40)35-15-18-4-3-5-22(18)24(35)28(38)34-23(14-17-12-13-32-27(17)37)25(36)29(39)33-20-8-9-20/h6-7,10-11,16-18,20,22-24,26H,3-5,8-9,12-15H2,1-2H3,(H,32,37)(H,33,39)(H,34,38)/t17-,18-,22-,23-,24-,26+/m0/s1. The summed E-state index contributed by atoms with van der Waals surface area (Å²) in [6.45, 7) is 4.56. The van der Waals surface area contributed by atoms with Gasteiger partial charge in [0.1, 0.15) is 17.6 Å². The van der Waals surface area contributed by atoms with Crippen LogP contribution in [0.2, 0.25) is 0 Å². The number of carbonyl (C=O) groups excluding carboxylic acids is 5. The van der Waals surface area contributed by atoms with Gasteiger partial charge in [0, 0.05) is 25.0 Å². The molecule has 0 aromatic heterocycles. The molecule has 2 saturated carbocycles. The number of carbonyl (C=O) groups is 5. The Morgan fingerprint density at radius 3 is 2.44 bits per heavy atom. The molecule has 10 nitrogen and oxygen atoms in total. The van der Waals surface area contributed by atoms with E-state index in [4.69, 9.17) is 4.74 Å². The second-order valence-corrected chi connectivity index (χ2v) is 12.2. The van der Waals surface area contributed by atoms with Crippen molar-refractivity contribution in [2.24, 2.45) is 23.7 Å². The van der Waals surface area contributed by atoms with Gasteiger partial charge in [0.05, 0.1) is 6.04 Å². The molecule has 1 aromatic carbocycles. The normalized spacial score (nSPS) is 26.7. The minimum atomic E-state index is -1.18. The third-order valence-corrected chi connectivity index (χ3v) is 8.82. The number of nitrogens with zero attached hydrogens (tertiary/aromatic N) is 1. The fourth-order valence-corrected chi connectivity index (χ4v) is 6.45. The van der Waals surface area contributed by atoms with E-state index in [1.54, 1.807) is 4.90 Å². The van der Waals surface area contributed by atoms with Gasteiger partial charge in [0.25, 0.3) is 11.8 Å². The van der Waals surface area contributed by atoms with Crippen LogP contribution >= 0.6 is 0 Å². The number of amides is 4. The highest BCUT2D eigenvalue weighted by Crippen LogP contribution is 2.43. The topological polar surface area (TPSA) is 134 Å². The number of nitrogens with one attached hydrogen (secondary N) is 3. The van der Waals surface area contributed by atoms with Gasteiger partial charge in [-0.2, -0.15) is 0 Å². The van der Waals surface area contributed by atoms with Crippen molar-refractivity contribution in [3.05, 3.63) is 30.1 Å². The van der Waals surface area contributed by atoms with Crippen LogP contribution in [-0.4, -0.2) is 71.6 Å². The highest BCUT2D eigenvalue weighted by atomic mass is 19.1. The Hall–Kier alpha value is -3.50. The molecule has 41 heavy (non-hydrogen) atoms. The third kappa shape index (κ3) is 6.54. The van der Waals surface area contributed by atoms with Gasteiger partial charge in [0.2, 0.25) is 17.6 Å². The summed E-state index contributed by atoms with van der Waals surface area (Å²) in [6, 6.07) is 3.40. The number of benzene rings is 1. The SMILES string of the molecule is CC(C)[C@@H](Oc1ccc(F)cc1)C(=O)N1C[C@@H]2CCC[C@@H]2[C@H]1C(=O)N[C@@H](C[C@@H]1CCNC1=O)C(=O)C(=O)NC1CC1. The van der Waals surface area contributed by atoms with Gasteiger partial charge in [-0.25, -0.2) is 4.39 Å². The zero-order valence-electron chi connectivity index (χ0n) is 23.6. The van der Waals surface area contributed by atoms with Crippen LogP contribution in [0.3, 0.4) is 0 Å². The van der Waals surface area contributed by atoms with E-state index in [1.807, 2.05) is 13.8 Å². The van der Waals surface area contributed by atoms with E-state index < -0.39 is 47.5 Å². The fraction of sp³-hybridized carbons (Fsp3) is 0.633. The Balaban J connectivity index is 1.36. The average Bonchev–Trinajstić information content (AvgIpc) is 3.29. The summed E-state index contributed by atoms with van der Waals surface area (Å²) in [5.74, 6) is -3.32. The number of rotatable bonds is 11. The first kappa shape index (κ1) is 29.0. The van der Waals surface area contributed by atoms with Gasteiger partial charge in [-0.15, -0.1) is 0 Å². The maximum atomic E-state index is 13.9. The van der Waals surface area contributed by atoms with E-state index in [0.29, 0.717) is 25.3 Å². The summed E-state index contributed by atoms with van der Waals surface area (Å²) >= 11 is 0. The lowest BCUT2D eigenvalue weighted by atomic mass is 9.91. The Labute approximate surface area is 239 Å². The molecule has 2 aliphatic carbocycles. The van der Waals surface area contributed by atoms with Crippen LogP contribution in [0.1, 0.15) is 58.8 Å². The van der Waals surface area contributed by atoms with E-state index in [9.17, 15) is 28.4 Å². The maximum Gasteiger partial charge on any atom is 0.289 e. The van der Waals surface area contributed by atoms with Crippen LogP contribution in [0.25, 0.3) is 0 Å². The number of ether oxygens (including phenoxy) is 1. The summed E-state index contributed by atoms with van der Waals surface area (Å²) in [5, 5.41) is 8.22. The van der Waals surface area contributed by atoms with Gasteiger partial charge in [0.15, 0.2) is 6.10 Å². The second kappa shape index (κ2) is 12.2. The van der Waals surface area contributed by atoms with Gasteiger partial charge >= 0.3 is 0 Å². The number of Topliss-reactive ketones (excluding diaryl/α,β-unsaturated/α-hetero) is 1. The van der Waals surface area contributed by atoms with E-state index in [2.05, 4.69) is 16.0 Å². The van der Waals surface area contributed by atoms with Crippen LogP contribution in [0, 0.1) is 29.5 Å². The zero-order chi connectivity index (χ0) is 29.3. The van der Waals surface area contributed by atoms with Crippen molar-refractivity contribution >= 4 is 29.4 Å². The van der Waals surface area contributed by atoms with Crippen molar-refractivity contribution in [3.63, 3.8) is 0 Å². The Kier molecular flexibility index (Phi) is 8.60. The molecule has 0 unspecified atom stereocenters. The van der Waals surface area contributed by atoms with Gasteiger partial charge in [-0.3, -0.25) is 24.0 Å². The van der Waals surface area contributed by atoms with E-state index >= 15 is 0 Å². The number of hydrogen-bond acceptors (Lipinski definition) is 6. The summed E-state index contributed by atoms with van der Waals surface area (Å²) in [4.78, 5) is 67.7. The molecular formula is C30H39FN4O6. The predicted octanol–water partition coefficient (Wildman–Crippen LogP) is 1.71. The third-order valence-electron chi connectivity index (χ3n) is 8.82. The van der Waals surface area contributed by atoms with Crippen molar-refractivity contribution in [1.82, 2.24) is 20.9 Å². The molecule has 4 fully saturated rings. The van der Waals surface area contributed by atoms with Crippen molar-refractivity contribution in [2.75, 3.05) is 13.1 Å². The predicted molar refractivity (Wildman–Crippen MR) is 146 cm³/mol. The Morgan fingerprint density at radius 1 is 1.07 bits per heavy atom. The van der Waals surface area contributed by atoms with Crippen molar-refractivity contribution in [3.8, 4) is 5.75 Å². The molecule has 11 heteroatoms. The Morgan fingerprint density at radius 2 is 1.80 bits per heavy atom. The molecule has 3 N–H and O–H groups in total. The maximum absolute atomic E-state index is 13.9. The monoisotopic (exact) mass is 570 g/mol. The second-order valence-electron chi connectivity index (χ2n) is 12.2. The number of likely N-dealkylation sites (tertiary alicyclic amines) is 1. The van der Waals surface area contributed by atoms with E-state index in [-0.39, 0.29) is 42.0 Å². The summed E-state index contributed by atoms with van der Waals surface area (Å²) in [6.07, 6.45) is 3.83. The average molecular weight is 571 g/mol. The lowest BCUT2D eigenvalue weighted by Gasteiger charge is -2.33. The fourth-order valence-electron chi connectivity index (χ4n) is 6.45. The molecule has 6 atom stereocenters. The lowest BCUT2D eigenvalue weighted by molar-refractivity contribution is -0.147. The van der Waals surface area contributed by atoms with Crippen LogP contribution in [0.4, 0.5) is 4.39 Å². The van der Waals surface area contributed by atoms with Crippen molar-refractivity contribution < 1.29 is 33.1 Å². The highest BCUT2D eigenvalue weighted by molar-refractivity contribution is 6.38. The van der Waals surface area contributed by atoms with Crippen LogP contribution < -0.4 is 20.7 Å². The highest BCUT2D eigenvalue weighted by Gasteiger charge is 2.51. The molecular weight excluding hydrogens is 531 g/mol. The van der Waals surface area contributed by atoms with Crippen molar-refractivity contribution in [1.29, 1.82) is 0 Å². The van der Waals surface area contributed by atoms with E-state index in [0.717, 1.165) is 32.1 Å². The molecule has 0 radical (unpaired) electrons. The number of hydrogen-bond donors (Lipinski definition) is 3. The number of fused-ring (bicyclic) bond motifs is 1. The number of halogens is 1. The molecule has 222 valence electrons. The lowest BCUT2D eigenvalue weighted by Crippen LogP contribution is -2.57.